The number of aliphatic imine (C=N–C) groups is 1. The van der Waals surface area contributed by atoms with Gasteiger partial charge in [-0.1, -0.05) is 54.6 Å². The molecule has 1 aliphatic heterocycles. The summed E-state index contributed by atoms with van der Waals surface area (Å²) >= 11 is 0. The highest BCUT2D eigenvalue weighted by molar-refractivity contribution is 6.09. The molecule has 0 radical (unpaired) electrons. The molecule has 0 saturated heterocycles. The van der Waals surface area contributed by atoms with Crippen LogP contribution in [0.4, 0.5) is 9.18 Å². The van der Waals surface area contributed by atoms with Gasteiger partial charge in [0.1, 0.15) is 24.1 Å². The quantitative estimate of drug-likeness (QED) is 0.478. The number of carbonyl (C=O) groups is 2. The van der Waals surface area contributed by atoms with Crippen molar-refractivity contribution in [3.63, 3.8) is 0 Å². The summed E-state index contributed by atoms with van der Waals surface area (Å²) in [5, 5.41) is 2.72. The molecule has 0 spiro atoms. The number of benzene rings is 3. The van der Waals surface area contributed by atoms with Crippen molar-refractivity contribution in [2.45, 2.75) is 25.5 Å². The number of nitrogens with zero attached hydrogens (tertiary/aromatic N) is 1. The molecule has 4 rings (SSSR count). The first-order valence-electron chi connectivity index (χ1n) is 11.0. The van der Waals surface area contributed by atoms with E-state index in [-0.39, 0.29) is 6.61 Å². The lowest BCUT2D eigenvalue weighted by molar-refractivity contribution is -0.148. The normalized spacial score (nSPS) is 17.5. The van der Waals surface area contributed by atoms with E-state index in [1.54, 1.807) is 19.2 Å². The van der Waals surface area contributed by atoms with Gasteiger partial charge in [0, 0.05) is 5.71 Å². The van der Waals surface area contributed by atoms with Gasteiger partial charge in [-0.3, -0.25) is 4.79 Å². The molecule has 2 atom stereocenters. The van der Waals surface area contributed by atoms with Crippen LogP contribution in [-0.2, 0) is 22.6 Å². The molecule has 6 nitrogen and oxygen atoms in total. The summed E-state index contributed by atoms with van der Waals surface area (Å²) in [6.07, 6.45) is 0.902. The third kappa shape index (κ3) is 5.67. The first-order valence-corrected chi connectivity index (χ1v) is 11.0. The zero-order valence-corrected chi connectivity index (χ0v) is 18.7. The van der Waals surface area contributed by atoms with Crippen LogP contribution in [0.25, 0.3) is 0 Å². The molecular weight excluding hydrogens is 435 g/mol. The van der Waals surface area contributed by atoms with Crippen molar-refractivity contribution in [1.29, 1.82) is 0 Å². The number of rotatable bonds is 8. The second-order valence-electron chi connectivity index (χ2n) is 8.01. The Kier molecular flexibility index (Phi) is 7.32. The van der Waals surface area contributed by atoms with E-state index in [0.29, 0.717) is 24.1 Å². The van der Waals surface area contributed by atoms with Gasteiger partial charge in [-0.05, 0) is 53.8 Å². The Labute approximate surface area is 197 Å². The van der Waals surface area contributed by atoms with Crippen LogP contribution < -0.4 is 10.1 Å². The van der Waals surface area contributed by atoms with Gasteiger partial charge in [-0.2, -0.15) is 0 Å². The fraction of sp³-hybridized carbons (Fsp3) is 0.222. The number of aryl methyl sites for hydroxylation is 1. The van der Waals surface area contributed by atoms with Crippen LogP contribution >= 0.6 is 0 Å². The van der Waals surface area contributed by atoms with Gasteiger partial charge in [0.25, 0.3) is 0 Å². The van der Waals surface area contributed by atoms with Crippen LogP contribution in [0.2, 0.25) is 0 Å². The first-order chi connectivity index (χ1) is 16.5. The molecule has 0 bridgehead atoms. The highest BCUT2D eigenvalue weighted by Crippen LogP contribution is 2.30. The largest absolute Gasteiger partial charge is 0.497 e. The fourth-order valence-corrected chi connectivity index (χ4v) is 4.02. The van der Waals surface area contributed by atoms with E-state index < -0.39 is 29.8 Å². The van der Waals surface area contributed by atoms with Crippen LogP contribution in [0.1, 0.15) is 29.2 Å². The Bertz CT molecular complexity index is 1200. The van der Waals surface area contributed by atoms with Crippen molar-refractivity contribution in [1.82, 2.24) is 5.32 Å². The number of hydrogen-bond acceptors (Lipinski definition) is 4. The Hall–Kier alpha value is -4.00. The lowest BCUT2D eigenvalue weighted by Gasteiger charge is -2.31. The average Bonchev–Trinajstić information content (AvgIpc) is 2.86. The van der Waals surface area contributed by atoms with E-state index in [1.165, 1.54) is 12.1 Å². The van der Waals surface area contributed by atoms with Crippen molar-refractivity contribution in [3.05, 3.63) is 101 Å². The molecule has 7 heteroatoms. The number of halogens is 1. The standard InChI is InChI=1S/C27H25FN2O4/c1-33-22-12-5-9-18(15-22)13-14-23-24(26(31)34-17-19-7-3-2-4-8-19)25(30-27(32)29-23)20-10-6-11-21(28)16-20/h2-12,15-16,24-25H,13-14,17H2,1H3,(H,30,32). The predicted octanol–water partition coefficient (Wildman–Crippen LogP) is 5.03. The van der Waals surface area contributed by atoms with Crippen molar-refractivity contribution < 1.29 is 23.5 Å². The summed E-state index contributed by atoms with van der Waals surface area (Å²) in [7, 11) is 1.59. The van der Waals surface area contributed by atoms with Gasteiger partial charge in [0.15, 0.2) is 0 Å². The Morgan fingerprint density at radius 3 is 2.50 bits per heavy atom. The molecule has 2 amide bonds. The summed E-state index contributed by atoms with van der Waals surface area (Å²) < 4.78 is 24.9. The molecule has 0 fully saturated rings. The number of methoxy groups -OCH3 is 1. The van der Waals surface area contributed by atoms with E-state index in [1.807, 2.05) is 54.6 Å². The maximum atomic E-state index is 14.0. The second-order valence-corrected chi connectivity index (χ2v) is 8.01. The molecular formula is C27H25FN2O4. The number of esters is 1. The van der Waals surface area contributed by atoms with Crippen LogP contribution in [0.3, 0.4) is 0 Å². The SMILES string of the molecule is COc1cccc(CCC2=NC(=O)NC(c3cccc(F)c3)C2C(=O)OCc2ccccc2)c1. The van der Waals surface area contributed by atoms with Crippen molar-refractivity contribution in [2.24, 2.45) is 10.9 Å². The van der Waals surface area contributed by atoms with E-state index in [0.717, 1.165) is 16.9 Å². The van der Waals surface area contributed by atoms with Crippen LogP contribution in [0, 0.1) is 11.7 Å². The summed E-state index contributed by atoms with van der Waals surface area (Å²) in [6, 6.07) is 21.4. The highest BCUT2D eigenvalue weighted by atomic mass is 19.1. The Morgan fingerprint density at radius 2 is 1.74 bits per heavy atom. The van der Waals surface area contributed by atoms with E-state index in [9.17, 15) is 14.0 Å². The van der Waals surface area contributed by atoms with E-state index >= 15 is 0 Å². The molecule has 0 aliphatic carbocycles. The van der Waals surface area contributed by atoms with Gasteiger partial charge in [0.05, 0.1) is 13.2 Å². The minimum atomic E-state index is -0.881. The van der Waals surface area contributed by atoms with Gasteiger partial charge >= 0.3 is 12.0 Å². The number of nitrogens with one attached hydrogen (secondary N) is 1. The van der Waals surface area contributed by atoms with Gasteiger partial charge in [0.2, 0.25) is 0 Å². The number of hydrogen-bond donors (Lipinski definition) is 1. The minimum absolute atomic E-state index is 0.0865. The molecule has 2 unspecified atom stereocenters. The van der Waals surface area contributed by atoms with Crippen LogP contribution in [0.5, 0.6) is 5.75 Å². The third-order valence-corrected chi connectivity index (χ3v) is 5.71. The topological polar surface area (TPSA) is 77.0 Å². The van der Waals surface area contributed by atoms with Crippen LogP contribution in [0.15, 0.2) is 83.9 Å². The van der Waals surface area contributed by atoms with Crippen molar-refractivity contribution in [2.75, 3.05) is 7.11 Å². The smallest absolute Gasteiger partial charge is 0.341 e. The lowest BCUT2D eigenvalue weighted by Crippen LogP contribution is -2.45. The number of urea groups is 1. The van der Waals surface area contributed by atoms with Crippen LogP contribution in [-0.4, -0.2) is 24.8 Å². The number of carbonyl (C=O) groups excluding carboxylic acids is 2. The zero-order chi connectivity index (χ0) is 23.9. The summed E-state index contributed by atoms with van der Waals surface area (Å²) in [5.74, 6) is -1.14. The Balaban J connectivity index is 1.60. The second kappa shape index (κ2) is 10.7. The molecule has 3 aromatic carbocycles. The highest BCUT2D eigenvalue weighted by Gasteiger charge is 2.39. The molecule has 1 heterocycles. The third-order valence-electron chi connectivity index (χ3n) is 5.71. The van der Waals surface area contributed by atoms with E-state index in [2.05, 4.69) is 10.3 Å². The molecule has 3 aromatic rings. The molecule has 0 aromatic heterocycles. The van der Waals surface area contributed by atoms with Crippen molar-refractivity contribution >= 4 is 17.7 Å². The van der Waals surface area contributed by atoms with Gasteiger partial charge in [-0.25, -0.2) is 14.2 Å². The molecule has 1 N–H and O–H groups in total. The first kappa shape index (κ1) is 23.2. The average molecular weight is 461 g/mol. The zero-order valence-electron chi connectivity index (χ0n) is 18.7. The monoisotopic (exact) mass is 460 g/mol. The van der Waals surface area contributed by atoms with Gasteiger partial charge in [-0.15, -0.1) is 0 Å². The molecule has 174 valence electrons. The maximum absolute atomic E-state index is 14.0. The maximum Gasteiger partial charge on any atom is 0.341 e. The number of ether oxygens (including phenoxy) is 2. The van der Waals surface area contributed by atoms with Gasteiger partial charge < -0.3 is 14.8 Å². The molecule has 34 heavy (non-hydrogen) atoms. The van der Waals surface area contributed by atoms with Crippen molar-refractivity contribution in [3.8, 4) is 5.75 Å². The number of amides is 2. The predicted molar refractivity (Wildman–Crippen MR) is 126 cm³/mol. The molecule has 1 aliphatic rings. The molecule has 0 saturated carbocycles. The summed E-state index contributed by atoms with van der Waals surface area (Å²) in [6.45, 7) is 0.0865. The fourth-order valence-electron chi connectivity index (χ4n) is 4.02. The Morgan fingerprint density at radius 1 is 0.971 bits per heavy atom. The summed E-state index contributed by atoms with van der Waals surface area (Å²) in [4.78, 5) is 29.9. The summed E-state index contributed by atoms with van der Waals surface area (Å²) in [5.41, 5.74) is 2.70. The minimum Gasteiger partial charge on any atom is -0.497 e. The lowest BCUT2D eigenvalue weighted by atomic mass is 9.85. The van der Waals surface area contributed by atoms with E-state index in [4.69, 9.17) is 9.47 Å².